The van der Waals surface area contributed by atoms with Gasteiger partial charge >= 0.3 is 0 Å². The van der Waals surface area contributed by atoms with Crippen molar-refractivity contribution in [1.29, 1.82) is 0 Å². The number of carbonyl (C=O) groups excluding carboxylic acids is 1. The maximum Gasteiger partial charge on any atom is 0.231 e. The number of rotatable bonds is 8. The molecule has 1 saturated heterocycles. The summed E-state index contributed by atoms with van der Waals surface area (Å²) in [5.41, 5.74) is 0.378. The van der Waals surface area contributed by atoms with Gasteiger partial charge in [-0.2, -0.15) is 11.8 Å². The molecular weight excluding hydrogens is 326 g/mol. The van der Waals surface area contributed by atoms with E-state index in [-0.39, 0.29) is 18.6 Å². The molecule has 1 aliphatic rings. The van der Waals surface area contributed by atoms with Gasteiger partial charge in [-0.25, -0.2) is 0 Å². The second kappa shape index (κ2) is 9.30. The maximum absolute atomic E-state index is 13.1. The summed E-state index contributed by atoms with van der Waals surface area (Å²) < 4.78 is 10.7. The van der Waals surface area contributed by atoms with Crippen LogP contribution >= 0.6 is 11.8 Å². The first-order valence-corrected chi connectivity index (χ1v) is 9.68. The minimum atomic E-state index is -0.600. The van der Waals surface area contributed by atoms with Crippen LogP contribution in [-0.4, -0.2) is 56.0 Å². The molecule has 0 radical (unpaired) electrons. The van der Waals surface area contributed by atoms with Gasteiger partial charge in [-0.1, -0.05) is 12.1 Å². The van der Waals surface area contributed by atoms with Crippen molar-refractivity contribution in [2.24, 2.45) is 0 Å². The largest absolute Gasteiger partial charge is 0.497 e. The third-order valence-corrected chi connectivity index (χ3v) is 5.29. The van der Waals surface area contributed by atoms with Crippen molar-refractivity contribution in [3.8, 4) is 5.75 Å². The number of thioether (sulfide) groups is 1. The number of nitrogens with one attached hydrogen (secondary N) is 1. The highest BCUT2D eigenvalue weighted by atomic mass is 32.2. The molecule has 24 heavy (non-hydrogen) atoms. The fourth-order valence-corrected chi connectivity index (χ4v) is 3.59. The smallest absolute Gasteiger partial charge is 0.231 e. The standard InChI is InChI=1S/C18H27NO4S/c1-22-16-5-3-14(4-6-16)18(8-10-23-11-9-18)17(21)19-15(13-20)7-12-24-2/h3-6,15,20H,7-13H2,1-2H3,(H,19,21)/t15-/m0/s1. The molecule has 1 fully saturated rings. The number of methoxy groups -OCH3 is 1. The van der Waals surface area contributed by atoms with Crippen LogP contribution in [0.4, 0.5) is 0 Å². The van der Waals surface area contributed by atoms with Crippen molar-refractivity contribution >= 4 is 17.7 Å². The number of hydrogen-bond donors (Lipinski definition) is 2. The predicted octanol–water partition coefficient (Wildman–Crippen LogP) is 1.97. The topological polar surface area (TPSA) is 67.8 Å². The van der Waals surface area contributed by atoms with Crippen LogP contribution in [0.3, 0.4) is 0 Å². The number of aliphatic hydroxyl groups excluding tert-OH is 1. The highest BCUT2D eigenvalue weighted by Crippen LogP contribution is 2.36. The summed E-state index contributed by atoms with van der Waals surface area (Å²) in [5, 5.41) is 12.6. The second-order valence-corrected chi connectivity index (χ2v) is 7.04. The molecule has 1 aliphatic heterocycles. The molecule has 1 aromatic carbocycles. The van der Waals surface area contributed by atoms with Gasteiger partial charge in [-0.15, -0.1) is 0 Å². The molecule has 6 heteroatoms. The van der Waals surface area contributed by atoms with Crippen LogP contribution in [0.2, 0.25) is 0 Å². The van der Waals surface area contributed by atoms with E-state index in [1.165, 1.54) is 0 Å². The molecule has 134 valence electrons. The molecule has 0 spiro atoms. The summed E-state index contributed by atoms with van der Waals surface area (Å²) in [6.45, 7) is 1.09. The van der Waals surface area contributed by atoms with Crippen molar-refractivity contribution in [2.45, 2.75) is 30.7 Å². The Labute approximate surface area is 148 Å². The van der Waals surface area contributed by atoms with Crippen molar-refractivity contribution in [2.75, 3.05) is 38.9 Å². The second-order valence-electron chi connectivity index (χ2n) is 6.06. The van der Waals surface area contributed by atoms with Crippen molar-refractivity contribution in [1.82, 2.24) is 5.32 Å². The maximum atomic E-state index is 13.1. The van der Waals surface area contributed by atoms with Crippen molar-refractivity contribution in [3.05, 3.63) is 29.8 Å². The molecule has 2 N–H and O–H groups in total. The Morgan fingerprint density at radius 2 is 2.04 bits per heavy atom. The Hall–Kier alpha value is -1.24. The van der Waals surface area contributed by atoms with Crippen LogP contribution in [-0.2, 0) is 14.9 Å². The van der Waals surface area contributed by atoms with Gasteiger partial charge in [0.05, 0.1) is 25.2 Å². The van der Waals surface area contributed by atoms with E-state index in [4.69, 9.17) is 9.47 Å². The minimum absolute atomic E-state index is 0.0175. The summed E-state index contributed by atoms with van der Waals surface area (Å²) in [6.07, 6.45) is 4.07. The lowest BCUT2D eigenvalue weighted by atomic mass is 9.73. The van der Waals surface area contributed by atoms with Gasteiger partial charge in [0, 0.05) is 13.2 Å². The zero-order valence-corrected chi connectivity index (χ0v) is 15.2. The van der Waals surface area contributed by atoms with Gasteiger partial charge in [0.25, 0.3) is 0 Å². The number of aliphatic hydroxyl groups is 1. The normalized spacial score (nSPS) is 18.0. The lowest BCUT2D eigenvalue weighted by Crippen LogP contribution is -2.52. The van der Waals surface area contributed by atoms with Gasteiger partial charge in [-0.05, 0) is 49.0 Å². The van der Waals surface area contributed by atoms with E-state index < -0.39 is 5.41 Å². The van der Waals surface area contributed by atoms with Crippen molar-refractivity contribution < 1.29 is 19.4 Å². The fourth-order valence-electron chi connectivity index (χ4n) is 3.07. The molecule has 1 amide bonds. The van der Waals surface area contributed by atoms with E-state index in [9.17, 15) is 9.90 Å². The van der Waals surface area contributed by atoms with Gasteiger partial charge in [-0.3, -0.25) is 4.79 Å². The zero-order valence-electron chi connectivity index (χ0n) is 14.4. The van der Waals surface area contributed by atoms with Gasteiger partial charge in [0.2, 0.25) is 5.91 Å². The highest BCUT2D eigenvalue weighted by molar-refractivity contribution is 7.98. The summed E-state index contributed by atoms with van der Waals surface area (Å²) in [6, 6.07) is 7.48. The number of hydrogen-bond acceptors (Lipinski definition) is 5. The third kappa shape index (κ3) is 4.43. The van der Waals surface area contributed by atoms with E-state index >= 15 is 0 Å². The Morgan fingerprint density at radius 1 is 1.38 bits per heavy atom. The highest BCUT2D eigenvalue weighted by Gasteiger charge is 2.42. The lowest BCUT2D eigenvalue weighted by Gasteiger charge is -2.37. The molecule has 0 saturated carbocycles. The molecule has 0 aliphatic carbocycles. The van der Waals surface area contributed by atoms with Crippen LogP contribution in [0.1, 0.15) is 24.8 Å². The number of amides is 1. The van der Waals surface area contributed by atoms with E-state index in [2.05, 4.69) is 5.32 Å². The summed E-state index contributed by atoms with van der Waals surface area (Å²) in [7, 11) is 1.63. The number of benzene rings is 1. The Balaban J connectivity index is 2.20. The SMILES string of the molecule is COc1ccc(C2(C(=O)N[C@H](CO)CCSC)CCOCC2)cc1. The van der Waals surface area contributed by atoms with Crippen LogP contribution in [0.15, 0.2) is 24.3 Å². The molecule has 0 aromatic heterocycles. The predicted molar refractivity (Wildman–Crippen MR) is 96.7 cm³/mol. The van der Waals surface area contributed by atoms with Gasteiger partial charge in [0.1, 0.15) is 5.75 Å². The molecule has 1 heterocycles. The van der Waals surface area contributed by atoms with Crippen molar-refractivity contribution in [3.63, 3.8) is 0 Å². The van der Waals surface area contributed by atoms with E-state index in [1.807, 2.05) is 30.5 Å². The molecule has 0 unspecified atom stereocenters. The van der Waals surface area contributed by atoms with Gasteiger partial charge in [0.15, 0.2) is 0 Å². The van der Waals surface area contributed by atoms with Gasteiger partial charge < -0.3 is 19.9 Å². The van der Waals surface area contributed by atoms with Crippen LogP contribution in [0.5, 0.6) is 5.75 Å². The first kappa shape index (κ1) is 19.1. The molecule has 5 nitrogen and oxygen atoms in total. The molecule has 2 rings (SSSR count). The van der Waals surface area contributed by atoms with Crippen LogP contribution in [0.25, 0.3) is 0 Å². The summed E-state index contributed by atoms with van der Waals surface area (Å²) in [4.78, 5) is 13.1. The Kier molecular flexibility index (Phi) is 7.40. The minimum Gasteiger partial charge on any atom is -0.497 e. The third-order valence-electron chi connectivity index (χ3n) is 4.65. The lowest BCUT2D eigenvalue weighted by molar-refractivity contribution is -0.131. The van der Waals surface area contributed by atoms with Crippen LogP contribution in [0, 0.1) is 0 Å². The average Bonchev–Trinajstić information content (AvgIpc) is 2.65. The Bertz CT molecular complexity index is 514. The monoisotopic (exact) mass is 353 g/mol. The fraction of sp³-hybridized carbons (Fsp3) is 0.611. The first-order valence-electron chi connectivity index (χ1n) is 8.29. The van der Waals surface area contributed by atoms with E-state index in [0.29, 0.717) is 26.1 Å². The number of ether oxygens (including phenoxy) is 2. The molecule has 1 aromatic rings. The molecule has 0 bridgehead atoms. The quantitative estimate of drug-likeness (QED) is 0.748. The summed E-state index contributed by atoms with van der Waals surface area (Å²) in [5.74, 6) is 1.66. The first-order chi connectivity index (χ1) is 11.7. The van der Waals surface area contributed by atoms with E-state index in [0.717, 1.165) is 23.5 Å². The molecular formula is C18H27NO4S. The average molecular weight is 353 g/mol. The zero-order chi connectivity index (χ0) is 17.4. The summed E-state index contributed by atoms with van der Waals surface area (Å²) >= 11 is 1.71. The van der Waals surface area contributed by atoms with Crippen LogP contribution < -0.4 is 10.1 Å². The Morgan fingerprint density at radius 3 is 2.58 bits per heavy atom. The number of carbonyl (C=O) groups is 1. The molecule has 1 atom stereocenters. The van der Waals surface area contributed by atoms with E-state index in [1.54, 1.807) is 18.9 Å².